The Balaban J connectivity index is 2.28. The fourth-order valence-corrected chi connectivity index (χ4v) is 1.73. The number of nitrogens with zero attached hydrogens (tertiary/aromatic N) is 2. The molecule has 1 aromatic carbocycles. The number of hydrogen-bond donors (Lipinski definition) is 1. The molecule has 1 unspecified atom stereocenters. The molecule has 0 aliphatic carbocycles. The summed E-state index contributed by atoms with van der Waals surface area (Å²) in [6.45, 7) is 0. The van der Waals surface area contributed by atoms with Crippen molar-refractivity contribution in [1.29, 1.82) is 0 Å². The molecule has 0 radical (unpaired) electrons. The van der Waals surface area contributed by atoms with Crippen molar-refractivity contribution in [2.75, 3.05) is 0 Å². The van der Waals surface area contributed by atoms with Crippen LogP contribution in [0, 0.1) is 0 Å². The second-order valence-electron chi connectivity index (χ2n) is 2.86. The topological polar surface area (TPSA) is 51.8 Å². The van der Waals surface area contributed by atoms with Gasteiger partial charge in [0.2, 0.25) is 0 Å². The van der Waals surface area contributed by atoms with Gasteiger partial charge in [0.1, 0.15) is 0 Å². The molecule has 0 bridgehead atoms. The van der Waals surface area contributed by atoms with Gasteiger partial charge in [-0.15, -0.1) is 0 Å². The molecular weight excluding hydrogens is 218 g/mol. The quantitative estimate of drug-likeness (QED) is 0.853. The molecular formula is C9H8ClN3S. The molecule has 0 spiro atoms. The minimum Gasteiger partial charge on any atom is -0.319 e. The summed E-state index contributed by atoms with van der Waals surface area (Å²) in [5.41, 5.74) is 7.75. The van der Waals surface area contributed by atoms with Gasteiger partial charge in [0.05, 0.1) is 29.7 Å². The largest absolute Gasteiger partial charge is 0.319 e. The maximum absolute atomic E-state index is 5.97. The maximum atomic E-state index is 5.97. The first-order valence-corrected chi connectivity index (χ1v) is 5.16. The third-order valence-electron chi connectivity index (χ3n) is 1.93. The normalized spacial score (nSPS) is 12.7. The van der Waals surface area contributed by atoms with Crippen LogP contribution in [0.4, 0.5) is 0 Å². The van der Waals surface area contributed by atoms with Crippen LogP contribution < -0.4 is 5.73 Å². The molecule has 1 aromatic heterocycles. The second kappa shape index (κ2) is 4.04. The van der Waals surface area contributed by atoms with E-state index in [1.165, 1.54) is 0 Å². The van der Waals surface area contributed by atoms with E-state index < -0.39 is 0 Å². The molecule has 0 saturated carbocycles. The highest BCUT2D eigenvalue weighted by Gasteiger charge is 2.10. The SMILES string of the molecule is NC(c1ccc(Cl)cc1)c1cnsn1. The molecule has 0 aliphatic heterocycles. The zero-order valence-electron chi connectivity index (χ0n) is 7.22. The van der Waals surface area contributed by atoms with E-state index in [0.717, 1.165) is 23.0 Å². The number of aromatic nitrogens is 2. The number of nitrogens with two attached hydrogens (primary N) is 1. The van der Waals surface area contributed by atoms with E-state index in [1.54, 1.807) is 6.20 Å². The lowest BCUT2D eigenvalue weighted by Gasteiger charge is -2.07. The predicted octanol–water partition coefficient (Wildman–Crippen LogP) is 2.24. The lowest BCUT2D eigenvalue weighted by atomic mass is 10.1. The summed E-state index contributed by atoms with van der Waals surface area (Å²) in [4.78, 5) is 0. The van der Waals surface area contributed by atoms with Crippen molar-refractivity contribution in [1.82, 2.24) is 8.75 Å². The van der Waals surface area contributed by atoms with Gasteiger partial charge in [-0.2, -0.15) is 8.75 Å². The third-order valence-corrected chi connectivity index (χ3v) is 2.67. The van der Waals surface area contributed by atoms with E-state index in [2.05, 4.69) is 8.75 Å². The Hall–Kier alpha value is -0.970. The van der Waals surface area contributed by atoms with Crippen LogP contribution in [-0.2, 0) is 0 Å². The second-order valence-corrected chi connectivity index (χ2v) is 3.85. The van der Waals surface area contributed by atoms with Gasteiger partial charge in [0.25, 0.3) is 0 Å². The molecule has 0 saturated heterocycles. The first-order valence-electron chi connectivity index (χ1n) is 4.06. The average Bonchev–Trinajstić information content (AvgIpc) is 2.71. The van der Waals surface area contributed by atoms with Gasteiger partial charge in [-0.3, -0.25) is 0 Å². The average molecular weight is 226 g/mol. The molecule has 0 aliphatic rings. The highest BCUT2D eigenvalue weighted by Crippen LogP contribution is 2.19. The number of hydrogen-bond acceptors (Lipinski definition) is 4. The molecule has 0 fully saturated rings. The third kappa shape index (κ3) is 1.92. The summed E-state index contributed by atoms with van der Waals surface area (Å²) in [6, 6.07) is 7.21. The Morgan fingerprint density at radius 3 is 2.57 bits per heavy atom. The lowest BCUT2D eigenvalue weighted by Crippen LogP contribution is -2.11. The monoisotopic (exact) mass is 225 g/mol. The number of halogens is 1. The minimum absolute atomic E-state index is 0.217. The van der Waals surface area contributed by atoms with Gasteiger partial charge < -0.3 is 5.73 Å². The molecule has 1 atom stereocenters. The van der Waals surface area contributed by atoms with Gasteiger partial charge >= 0.3 is 0 Å². The van der Waals surface area contributed by atoms with E-state index in [9.17, 15) is 0 Å². The van der Waals surface area contributed by atoms with Crippen LogP contribution in [0.1, 0.15) is 17.3 Å². The Morgan fingerprint density at radius 1 is 1.29 bits per heavy atom. The zero-order valence-corrected chi connectivity index (χ0v) is 8.79. The summed E-state index contributed by atoms with van der Waals surface area (Å²) < 4.78 is 8.00. The van der Waals surface area contributed by atoms with Crippen LogP contribution in [0.25, 0.3) is 0 Å². The van der Waals surface area contributed by atoms with Crippen molar-refractivity contribution in [2.45, 2.75) is 6.04 Å². The molecule has 72 valence electrons. The highest BCUT2D eigenvalue weighted by atomic mass is 35.5. The van der Waals surface area contributed by atoms with Crippen molar-refractivity contribution in [3.8, 4) is 0 Å². The molecule has 2 aromatic rings. The minimum atomic E-state index is -0.217. The molecule has 5 heteroatoms. The van der Waals surface area contributed by atoms with Gasteiger partial charge in [-0.05, 0) is 17.7 Å². The van der Waals surface area contributed by atoms with Crippen LogP contribution in [0.3, 0.4) is 0 Å². The molecule has 0 amide bonds. The van der Waals surface area contributed by atoms with Crippen LogP contribution in [0.5, 0.6) is 0 Å². The summed E-state index contributed by atoms with van der Waals surface area (Å²) >= 11 is 6.93. The molecule has 2 N–H and O–H groups in total. The Labute approximate surface area is 90.9 Å². The summed E-state index contributed by atoms with van der Waals surface area (Å²) in [5.74, 6) is 0. The summed E-state index contributed by atoms with van der Waals surface area (Å²) in [6.07, 6.45) is 1.68. The number of benzene rings is 1. The molecule has 14 heavy (non-hydrogen) atoms. The summed E-state index contributed by atoms with van der Waals surface area (Å²) in [5, 5.41) is 0.706. The smallest absolute Gasteiger partial charge is 0.0955 e. The van der Waals surface area contributed by atoms with Gasteiger partial charge in [-0.1, -0.05) is 23.7 Å². The van der Waals surface area contributed by atoms with E-state index in [4.69, 9.17) is 17.3 Å². The zero-order chi connectivity index (χ0) is 9.97. The molecule has 1 heterocycles. The fourth-order valence-electron chi connectivity index (χ4n) is 1.15. The van der Waals surface area contributed by atoms with Crippen molar-refractivity contribution >= 4 is 23.3 Å². The lowest BCUT2D eigenvalue weighted by molar-refractivity contribution is 0.844. The summed E-state index contributed by atoms with van der Waals surface area (Å²) in [7, 11) is 0. The van der Waals surface area contributed by atoms with E-state index >= 15 is 0 Å². The van der Waals surface area contributed by atoms with Crippen molar-refractivity contribution < 1.29 is 0 Å². The Morgan fingerprint density at radius 2 is 2.00 bits per heavy atom. The van der Waals surface area contributed by atoms with Crippen molar-refractivity contribution in [2.24, 2.45) is 5.73 Å². The maximum Gasteiger partial charge on any atom is 0.0955 e. The van der Waals surface area contributed by atoms with Gasteiger partial charge in [-0.25, -0.2) is 0 Å². The van der Waals surface area contributed by atoms with E-state index in [1.807, 2.05) is 24.3 Å². The van der Waals surface area contributed by atoms with E-state index in [-0.39, 0.29) is 6.04 Å². The van der Waals surface area contributed by atoms with Crippen molar-refractivity contribution in [3.05, 3.63) is 46.7 Å². The van der Waals surface area contributed by atoms with Crippen molar-refractivity contribution in [3.63, 3.8) is 0 Å². The van der Waals surface area contributed by atoms with E-state index in [0.29, 0.717) is 5.02 Å². The van der Waals surface area contributed by atoms with Crippen LogP contribution in [0.2, 0.25) is 5.02 Å². The molecule has 3 nitrogen and oxygen atoms in total. The van der Waals surface area contributed by atoms with Gasteiger partial charge in [0, 0.05) is 5.02 Å². The van der Waals surface area contributed by atoms with Gasteiger partial charge in [0.15, 0.2) is 0 Å². The first kappa shape index (κ1) is 9.58. The van der Waals surface area contributed by atoms with Crippen LogP contribution >= 0.6 is 23.3 Å². The Bertz CT molecular complexity index is 399. The standard InChI is InChI=1S/C9H8ClN3S/c10-7-3-1-6(2-4-7)9(11)8-5-12-14-13-8/h1-5,9H,11H2. The Kier molecular flexibility index (Phi) is 2.77. The van der Waals surface area contributed by atoms with Crippen LogP contribution in [-0.4, -0.2) is 8.75 Å². The fraction of sp³-hybridized carbons (Fsp3) is 0.111. The number of rotatable bonds is 2. The predicted molar refractivity (Wildman–Crippen MR) is 57.4 cm³/mol. The highest BCUT2D eigenvalue weighted by molar-refractivity contribution is 6.99. The van der Waals surface area contributed by atoms with Crippen LogP contribution in [0.15, 0.2) is 30.5 Å². The molecule has 2 rings (SSSR count). The first-order chi connectivity index (χ1) is 6.77.